The summed E-state index contributed by atoms with van der Waals surface area (Å²) in [6, 6.07) is 9.13. The molecule has 0 aliphatic carbocycles. The standard InChI is InChI=1S/C29H36Cl2N6O4/c1-5-18-7-6-8-25(21(18)16-40-17-32-2)41-28-23(31)15-33-29(36-28)35-24-14-22(30)20(13-26(24)39-4)27(38)34-19-9-11-37(3)12-10-19/h6-8,13-15,19,32H,5,9-12,16-17H2,1-4H3,(H,34,38)(H,33,35,36). The third-order valence-corrected chi connectivity index (χ3v) is 7.43. The van der Waals surface area contributed by atoms with Crippen LogP contribution in [0.3, 0.4) is 0 Å². The van der Waals surface area contributed by atoms with Crippen molar-refractivity contribution in [2.75, 3.05) is 46.3 Å². The van der Waals surface area contributed by atoms with Gasteiger partial charge in [0.05, 0.1) is 42.9 Å². The van der Waals surface area contributed by atoms with Gasteiger partial charge in [0.15, 0.2) is 0 Å². The predicted molar refractivity (Wildman–Crippen MR) is 161 cm³/mol. The van der Waals surface area contributed by atoms with Crippen LogP contribution in [0.15, 0.2) is 36.5 Å². The minimum atomic E-state index is -0.239. The van der Waals surface area contributed by atoms with Gasteiger partial charge in [-0.2, -0.15) is 4.98 Å². The highest BCUT2D eigenvalue weighted by Crippen LogP contribution is 2.35. The zero-order valence-electron chi connectivity index (χ0n) is 23.7. The zero-order chi connectivity index (χ0) is 29.4. The van der Waals surface area contributed by atoms with Gasteiger partial charge in [0.1, 0.15) is 16.5 Å². The van der Waals surface area contributed by atoms with Crippen molar-refractivity contribution in [1.29, 1.82) is 0 Å². The quantitative estimate of drug-likeness (QED) is 0.185. The number of likely N-dealkylation sites (tertiary alicyclic amines) is 1. The molecule has 2 aromatic carbocycles. The fourth-order valence-corrected chi connectivity index (χ4v) is 4.95. The molecule has 0 atom stereocenters. The molecule has 0 spiro atoms. The Kier molecular flexibility index (Phi) is 11.0. The summed E-state index contributed by atoms with van der Waals surface area (Å²) in [6.07, 6.45) is 4.04. The molecule has 4 rings (SSSR count). The number of halogens is 2. The Morgan fingerprint density at radius 3 is 2.63 bits per heavy atom. The topological polar surface area (TPSA) is 110 Å². The second kappa shape index (κ2) is 14.7. The molecule has 1 aliphatic heterocycles. The highest BCUT2D eigenvalue weighted by atomic mass is 35.5. The minimum absolute atomic E-state index is 0.105. The van der Waals surface area contributed by atoms with Crippen LogP contribution in [0.1, 0.15) is 41.3 Å². The Hall–Kier alpha value is -3.15. The first-order chi connectivity index (χ1) is 19.8. The maximum atomic E-state index is 13.0. The van der Waals surface area contributed by atoms with Crippen molar-refractivity contribution in [1.82, 2.24) is 25.5 Å². The molecule has 1 saturated heterocycles. The number of ether oxygens (including phenoxy) is 3. The number of nitrogens with one attached hydrogen (secondary N) is 3. The fraction of sp³-hybridized carbons (Fsp3) is 0.414. The summed E-state index contributed by atoms with van der Waals surface area (Å²) in [5.41, 5.74) is 2.83. The molecule has 1 fully saturated rings. The van der Waals surface area contributed by atoms with Gasteiger partial charge in [-0.25, -0.2) is 4.98 Å². The Morgan fingerprint density at radius 1 is 1.15 bits per heavy atom. The Labute approximate surface area is 250 Å². The summed E-state index contributed by atoms with van der Waals surface area (Å²) in [4.78, 5) is 24.0. The van der Waals surface area contributed by atoms with Crippen molar-refractivity contribution in [3.8, 4) is 17.4 Å². The number of anilines is 2. The summed E-state index contributed by atoms with van der Waals surface area (Å²) in [5, 5.41) is 9.68. The molecule has 0 bridgehead atoms. The van der Waals surface area contributed by atoms with Crippen LogP contribution >= 0.6 is 23.2 Å². The third kappa shape index (κ3) is 7.99. The van der Waals surface area contributed by atoms with Crippen LogP contribution in [0.5, 0.6) is 17.4 Å². The lowest BCUT2D eigenvalue weighted by molar-refractivity contribution is 0.0916. The number of carbonyl (C=O) groups is 1. The molecule has 1 aliphatic rings. The second-order valence-electron chi connectivity index (χ2n) is 9.75. The summed E-state index contributed by atoms with van der Waals surface area (Å²) in [6.45, 7) is 4.72. The van der Waals surface area contributed by atoms with E-state index in [1.165, 1.54) is 13.3 Å². The summed E-state index contributed by atoms with van der Waals surface area (Å²) >= 11 is 13.0. The van der Waals surface area contributed by atoms with Crippen molar-refractivity contribution in [3.05, 3.63) is 63.3 Å². The number of amides is 1. The summed E-state index contributed by atoms with van der Waals surface area (Å²) in [5.74, 6) is 1.14. The van der Waals surface area contributed by atoms with E-state index < -0.39 is 0 Å². The fourth-order valence-electron chi connectivity index (χ4n) is 4.57. The van der Waals surface area contributed by atoms with E-state index in [0.717, 1.165) is 43.5 Å². The smallest absolute Gasteiger partial charge is 0.253 e. The number of benzene rings is 2. The Morgan fingerprint density at radius 2 is 1.93 bits per heavy atom. The van der Waals surface area contributed by atoms with E-state index >= 15 is 0 Å². The molecule has 1 aromatic heterocycles. The first kappa shape index (κ1) is 30.8. The lowest BCUT2D eigenvalue weighted by atomic mass is 10.0. The van der Waals surface area contributed by atoms with Crippen molar-refractivity contribution < 1.29 is 19.0 Å². The number of rotatable bonds is 12. The van der Waals surface area contributed by atoms with E-state index in [2.05, 4.69) is 44.8 Å². The van der Waals surface area contributed by atoms with Gasteiger partial charge in [-0.3, -0.25) is 10.1 Å². The van der Waals surface area contributed by atoms with Crippen LogP contribution in [0, 0.1) is 0 Å². The number of carbonyl (C=O) groups excluding carboxylic acids is 1. The van der Waals surface area contributed by atoms with Gasteiger partial charge in [-0.1, -0.05) is 42.3 Å². The highest BCUT2D eigenvalue weighted by molar-refractivity contribution is 6.34. The first-order valence-corrected chi connectivity index (χ1v) is 14.3. The average molecular weight is 604 g/mol. The maximum absolute atomic E-state index is 13.0. The first-order valence-electron chi connectivity index (χ1n) is 13.5. The molecule has 12 heteroatoms. The molecule has 0 saturated carbocycles. The molecule has 10 nitrogen and oxygen atoms in total. The monoisotopic (exact) mass is 602 g/mol. The molecule has 0 unspecified atom stereocenters. The SMILES string of the molecule is CCc1cccc(Oc2nc(Nc3cc(Cl)c(C(=O)NC4CCN(C)CC4)cc3OC)ncc2Cl)c1COCNC. The Bertz CT molecular complexity index is 1350. The molecule has 3 N–H and O–H groups in total. The van der Waals surface area contributed by atoms with Crippen LogP contribution < -0.4 is 25.4 Å². The number of piperidine rings is 1. The van der Waals surface area contributed by atoms with Gasteiger partial charge in [-0.15, -0.1) is 0 Å². The van der Waals surface area contributed by atoms with Crippen LogP contribution in [0.4, 0.5) is 11.6 Å². The third-order valence-electron chi connectivity index (χ3n) is 6.86. The Balaban J connectivity index is 1.54. The van der Waals surface area contributed by atoms with Crippen molar-refractivity contribution in [3.63, 3.8) is 0 Å². The maximum Gasteiger partial charge on any atom is 0.253 e. The predicted octanol–water partition coefficient (Wildman–Crippen LogP) is 5.41. The number of hydrogen-bond acceptors (Lipinski definition) is 9. The molecular formula is C29H36Cl2N6O4. The van der Waals surface area contributed by atoms with E-state index in [0.29, 0.717) is 36.1 Å². The molecule has 3 aromatic rings. The van der Waals surface area contributed by atoms with Gasteiger partial charge >= 0.3 is 0 Å². The van der Waals surface area contributed by atoms with E-state index in [1.807, 2.05) is 25.2 Å². The summed E-state index contributed by atoms with van der Waals surface area (Å²) < 4.78 is 17.4. The highest BCUT2D eigenvalue weighted by Gasteiger charge is 2.22. The second-order valence-corrected chi connectivity index (χ2v) is 10.6. The molecular weight excluding hydrogens is 567 g/mol. The van der Waals surface area contributed by atoms with Gasteiger partial charge in [-0.05, 0) is 70.2 Å². The average Bonchev–Trinajstić information content (AvgIpc) is 2.96. The van der Waals surface area contributed by atoms with E-state index in [9.17, 15) is 4.79 Å². The van der Waals surface area contributed by atoms with Crippen molar-refractivity contribution in [2.24, 2.45) is 0 Å². The normalized spacial score (nSPS) is 14.1. The molecule has 2 heterocycles. The molecule has 220 valence electrons. The van der Waals surface area contributed by atoms with Crippen LogP contribution in [0.25, 0.3) is 0 Å². The zero-order valence-corrected chi connectivity index (χ0v) is 25.2. The summed E-state index contributed by atoms with van der Waals surface area (Å²) in [7, 11) is 5.41. The number of aromatic nitrogens is 2. The van der Waals surface area contributed by atoms with Gasteiger partial charge < -0.3 is 29.7 Å². The number of nitrogens with zero attached hydrogens (tertiary/aromatic N) is 3. The number of aryl methyl sites for hydroxylation is 1. The minimum Gasteiger partial charge on any atom is -0.495 e. The van der Waals surface area contributed by atoms with Gasteiger partial charge in [0.2, 0.25) is 11.8 Å². The van der Waals surface area contributed by atoms with E-state index in [1.54, 1.807) is 12.1 Å². The van der Waals surface area contributed by atoms with Crippen LogP contribution in [-0.2, 0) is 17.8 Å². The largest absolute Gasteiger partial charge is 0.495 e. The lowest BCUT2D eigenvalue weighted by Gasteiger charge is -2.29. The van der Waals surface area contributed by atoms with E-state index in [-0.39, 0.29) is 33.8 Å². The number of methoxy groups -OCH3 is 1. The van der Waals surface area contributed by atoms with Gasteiger partial charge in [0, 0.05) is 11.6 Å². The molecule has 0 radical (unpaired) electrons. The molecule has 1 amide bonds. The van der Waals surface area contributed by atoms with Crippen LogP contribution in [0.2, 0.25) is 10.0 Å². The van der Waals surface area contributed by atoms with Crippen LogP contribution in [-0.4, -0.2) is 67.8 Å². The molecule has 41 heavy (non-hydrogen) atoms. The van der Waals surface area contributed by atoms with Gasteiger partial charge in [0.25, 0.3) is 5.91 Å². The lowest BCUT2D eigenvalue weighted by Crippen LogP contribution is -2.43. The van der Waals surface area contributed by atoms with Crippen molar-refractivity contribution >= 4 is 40.7 Å². The number of hydrogen-bond donors (Lipinski definition) is 3. The van der Waals surface area contributed by atoms with Crippen molar-refractivity contribution in [2.45, 2.75) is 38.8 Å². The van der Waals surface area contributed by atoms with E-state index in [4.69, 9.17) is 37.4 Å².